The number of anilines is 1. The summed E-state index contributed by atoms with van der Waals surface area (Å²) in [6.07, 6.45) is -4.89. The van der Waals surface area contributed by atoms with E-state index in [0.717, 1.165) is 12.1 Å². The molecule has 1 aliphatic rings. The molecular formula is C33H36F5N3O6S. The van der Waals surface area contributed by atoms with Crippen molar-refractivity contribution in [1.82, 2.24) is 10.2 Å². The second-order valence-corrected chi connectivity index (χ2v) is 13.7. The van der Waals surface area contributed by atoms with E-state index in [4.69, 9.17) is 4.74 Å². The maximum absolute atomic E-state index is 13.3. The van der Waals surface area contributed by atoms with Crippen molar-refractivity contribution in [2.45, 2.75) is 55.6 Å². The molecular weight excluding hydrogens is 661 g/mol. The number of sulfone groups is 1. The Hall–Kier alpha value is -4.24. The molecule has 3 atom stereocenters. The molecule has 0 bridgehead atoms. The fourth-order valence-electron chi connectivity index (χ4n) is 5.26. The average Bonchev–Trinajstić information content (AvgIpc) is 3.45. The lowest BCUT2D eigenvalue weighted by Gasteiger charge is -2.26. The highest BCUT2D eigenvalue weighted by atomic mass is 32.2. The number of carbonyl (C=O) groups excluding carboxylic acids is 2. The average molecular weight is 698 g/mol. The molecule has 0 saturated carbocycles. The van der Waals surface area contributed by atoms with Gasteiger partial charge in [-0.25, -0.2) is 8.42 Å². The highest BCUT2D eigenvalue weighted by Crippen LogP contribution is 2.33. The van der Waals surface area contributed by atoms with Gasteiger partial charge in [0.05, 0.1) is 47.9 Å². The highest BCUT2D eigenvalue weighted by molar-refractivity contribution is 7.91. The molecule has 3 aromatic rings. The number of benzene rings is 3. The lowest BCUT2D eigenvalue weighted by atomic mass is 10.0. The molecule has 1 aliphatic heterocycles. The first kappa shape index (κ1) is 36.6. The van der Waals surface area contributed by atoms with Gasteiger partial charge in [0.2, 0.25) is 5.91 Å². The van der Waals surface area contributed by atoms with Crippen molar-refractivity contribution < 1.29 is 49.4 Å². The molecule has 1 N–H and O–H groups in total. The van der Waals surface area contributed by atoms with Crippen LogP contribution < -0.4 is 15.0 Å². The summed E-state index contributed by atoms with van der Waals surface area (Å²) in [5, 5.41) is 2.84. The molecule has 9 nitrogen and oxygen atoms in total. The predicted molar refractivity (Wildman–Crippen MR) is 168 cm³/mol. The fraction of sp³-hybridized carbons (Fsp3) is 0.394. The van der Waals surface area contributed by atoms with E-state index in [1.54, 1.807) is 43.3 Å². The molecule has 1 heterocycles. The number of ether oxygens (including phenoxy) is 2. The van der Waals surface area contributed by atoms with Crippen LogP contribution in [0.1, 0.15) is 47.3 Å². The maximum atomic E-state index is 13.3. The zero-order valence-electron chi connectivity index (χ0n) is 26.4. The van der Waals surface area contributed by atoms with Crippen molar-refractivity contribution in [2.75, 3.05) is 37.9 Å². The molecule has 15 heteroatoms. The van der Waals surface area contributed by atoms with E-state index < -0.39 is 52.3 Å². The van der Waals surface area contributed by atoms with Crippen LogP contribution in [0.2, 0.25) is 0 Å². The van der Waals surface area contributed by atoms with Gasteiger partial charge in [-0.1, -0.05) is 19.1 Å². The van der Waals surface area contributed by atoms with E-state index in [2.05, 4.69) is 10.1 Å². The smallest absolute Gasteiger partial charge is 0.416 e. The first-order chi connectivity index (χ1) is 22.6. The molecule has 0 spiro atoms. The van der Waals surface area contributed by atoms with Crippen molar-refractivity contribution in [1.29, 1.82) is 0 Å². The SMILES string of the molecule is CCS(=O)(=O)c1ccc(C(CC(=O)N(C)C)NC(=O)c2ccc(N3C[C@@H](Oc4ccc(C(F)(F)F)cc4)C[C@H]3COC(F)F)cc2)cc1. The van der Waals surface area contributed by atoms with Gasteiger partial charge >= 0.3 is 12.8 Å². The number of nitrogens with one attached hydrogen (secondary N) is 1. The third-order valence-electron chi connectivity index (χ3n) is 7.94. The first-order valence-electron chi connectivity index (χ1n) is 15.0. The Labute approximate surface area is 275 Å². The summed E-state index contributed by atoms with van der Waals surface area (Å²) < 4.78 is 99.6. The summed E-state index contributed by atoms with van der Waals surface area (Å²) in [6, 6.07) is 15.1. The number of rotatable bonds is 13. The molecule has 1 unspecified atom stereocenters. The van der Waals surface area contributed by atoms with Gasteiger partial charge in [0, 0.05) is 31.8 Å². The maximum Gasteiger partial charge on any atom is 0.416 e. The largest absolute Gasteiger partial charge is 0.489 e. The minimum absolute atomic E-state index is 0.0775. The normalized spacial score (nSPS) is 17.3. The van der Waals surface area contributed by atoms with Gasteiger partial charge in [-0.3, -0.25) is 9.59 Å². The number of carbonyl (C=O) groups is 2. The number of hydrogen-bond donors (Lipinski definition) is 1. The van der Waals surface area contributed by atoms with Gasteiger partial charge in [-0.2, -0.15) is 22.0 Å². The van der Waals surface area contributed by atoms with Gasteiger partial charge < -0.3 is 24.6 Å². The molecule has 3 aromatic carbocycles. The molecule has 48 heavy (non-hydrogen) atoms. The van der Waals surface area contributed by atoms with Gasteiger partial charge in [0.1, 0.15) is 11.9 Å². The van der Waals surface area contributed by atoms with Crippen molar-refractivity contribution in [3.8, 4) is 5.75 Å². The summed E-state index contributed by atoms with van der Waals surface area (Å²) >= 11 is 0. The molecule has 260 valence electrons. The van der Waals surface area contributed by atoms with E-state index in [-0.39, 0.29) is 53.9 Å². The number of alkyl halides is 5. The van der Waals surface area contributed by atoms with Crippen LogP contribution in [-0.4, -0.2) is 76.9 Å². The molecule has 1 saturated heterocycles. The van der Waals surface area contributed by atoms with Crippen LogP contribution >= 0.6 is 0 Å². The van der Waals surface area contributed by atoms with Crippen LogP contribution in [0.3, 0.4) is 0 Å². The van der Waals surface area contributed by atoms with Crippen LogP contribution in [0.5, 0.6) is 5.75 Å². The van der Waals surface area contributed by atoms with Crippen LogP contribution in [0.4, 0.5) is 27.6 Å². The van der Waals surface area contributed by atoms with E-state index in [1.165, 1.54) is 48.2 Å². The Morgan fingerprint density at radius 3 is 2.15 bits per heavy atom. The van der Waals surface area contributed by atoms with Gasteiger partial charge in [-0.05, 0) is 66.2 Å². The molecule has 0 aliphatic carbocycles. The minimum atomic E-state index is -4.50. The van der Waals surface area contributed by atoms with Gasteiger partial charge in [0.25, 0.3) is 5.91 Å². The Kier molecular flexibility index (Phi) is 11.7. The second-order valence-electron chi connectivity index (χ2n) is 11.4. The lowest BCUT2D eigenvalue weighted by molar-refractivity contribution is -0.137. The quantitative estimate of drug-likeness (QED) is 0.228. The van der Waals surface area contributed by atoms with E-state index in [1.807, 2.05) is 0 Å². The van der Waals surface area contributed by atoms with E-state index in [9.17, 15) is 40.0 Å². The zero-order chi connectivity index (χ0) is 35.2. The third kappa shape index (κ3) is 9.43. The van der Waals surface area contributed by atoms with Crippen LogP contribution in [-0.2, 0) is 25.5 Å². The fourth-order valence-corrected chi connectivity index (χ4v) is 6.15. The summed E-state index contributed by atoms with van der Waals surface area (Å²) in [5.41, 5.74) is 0.512. The van der Waals surface area contributed by atoms with Gasteiger partial charge in [0.15, 0.2) is 9.84 Å². The topological polar surface area (TPSA) is 105 Å². The van der Waals surface area contributed by atoms with Crippen LogP contribution in [0.15, 0.2) is 77.7 Å². The van der Waals surface area contributed by atoms with Crippen LogP contribution in [0.25, 0.3) is 0 Å². The molecule has 4 rings (SSSR count). The third-order valence-corrected chi connectivity index (χ3v) is 9.69. The van der Waals surface area contributed by atoms with Crippen molar-refractivity contribution in [3.63, 3.8) is 0 Å². The monoisotopic (exact) mass is 697 g/mol. The summed E-state index contributed by atoms with van der Waals surface area (Å²) in [4.78, 5) is 29.2. The summed E-state index contributed by atoms with van der Waals surface area (Å²) in [5.74, 6) is -0.656. The van der Waals surface area contributed by atoms with Crippen molar-refractivity contribution in [2.24, 2.45) is 0 Å². The molecule has 1 fully saturated rings. The number of halogens is 5. The Morgan fingerprint density at radius 2 is 1.60 bits per heavy atom. The Balaban J connectivity index is 1.49. The standard InChI is InChI=1S/C33H36F5N3O6S/c1-4-48(44,45)28-15-7-21(8-16-28)29(18-30(42)40(2)3)39-31(43)22-5-11-24(12-6-22)41-19-27(17-25(41)20-46-32(34)35)47-26-13-9-23(10-14-26)33(36,37)38/h5-16,25,27,29,32H,4,17-20H2,1-3H3,(H,39,43)/t25-,27-,29?/m0/s1. The molecule has 0 radical (unpaired) electrons. The summed E-state index contributed by atoms with van der Waals surface area (Å²) in [6.45, 7) is -1.61. The van der Waals surface area contributed by atoms with Crippen molar-refractivity contribution in [3.05, 3.63) is 89.5 Å². The zero-order valence-corrected chi connectivity index (χ0v) is 27.2. The molecule has 0 aromatic heterocycles. The molecule has 2 amide bonds. The van der Waals surface area contributed by atoms with E-state index in [0.29, 0.717) is 11.3 Å². The number of amides is 2. The second kappa shape index (κ2) is 15.3. The first-order valence-corrected chi connectivity index (χ1v) is 16.7. The number of nitrogens with zero attached hydrogens (tertiary/aromatic N) is 2. The minimum Gasteiger partial charge on any atom is -0.489 e. The predicted octanol–water partition coefficient (Wildman–Crippen LogP) is 5.71. The Morgan fingerprint density at radius 1 is 0.979 bits per heavy atom. The highest BCUT2D eigenvalue weighted by Gasteiger charge is 2.35. The van der Waals surface area contributed by atoms with Crippen molar-refractivity contribution >= 4 is 27.3 Å². The lowest BCUT2D eigenvalue weighted by Crippen LogP contribution is -2.34. The Bertz CT molecular complexity index is 1650. The van der Waals surface area contributed by atoms with E-state index >= 15 is 0 Å². The summed E-state index contributed by atoms with van der Waals surface area (Å²) in [7, 11) is -0.294. The number of hydrogen-bond acceptors (Lipinski definition) is 7. The van der Waals surface area contributed by atoms with Gasteiger partial charge in [-0.15, -0.1) is 0 Å². The van der Waals surface area contributed by atoms with Crippen LogP contribution in [0, 0.1) is 0 Å².